The predicted octanol–water partition coefficient (Wildman–Crippen LogP) is 1.66. The Morgan fingerprint density at radius 3 is 2.71 bits per heavy atom. The molecule has 0 saturated carbocycles. The number of aromatic nitrogens is 2. The lowest BCUT2D eigenvalue weighted by Crippen LogP contribution is -2.24. The molecule has 0 unspecified atom stereocenters. The van der Waals surface area contributed by atoms with Crippen molar-refractivity contribution < 1.29 is 18.0 Å². The molecule has 0 radical (unpaired) electrons. The monoisotopic (exact) mass is 204 g/mol. The van der Waals surface area contributed by atoms with E-state index in [9.17, 15) is 18.0 Å². The number of halogens is 3. The maximum Gasteiger partial charge on any atom is 0.450 e. The molecule has 1 rings (SSSR count). The topological polar surface area (TPSA) is 34.9 Å². The van der Waals surface area contributed by atoms with Crippen LogP contribution in [-0.4, -0.2) is 21.7 Å². The summed E-state index contributed by atoms with van der Waals surface area (Å²) < 4.78 is 36.7. The van der Waals surface area contributed by atoms with Gasteiger partial charge in [0.25, 0.3) is 0 Å². The first-order valence-electron chi connectivity index (χ1n) is 3.69. The van der Waals surface area contributed by atoms with Crippen LogP contribution in [0.1, 0.15) is 5.56 Å². The van der Waals surface area contributed by atoms with Crippen molar-refractivity contribution in [2.75, 3.05) is 0 Å². The van der Waals surface area contributed by atoms with Gasteiger partial charge in [-0.3, -0.25) is 4.79 Å². The average Bonchev–Trinajstić information content (AvgIpc) is 2.50. The first-order valence-corrected chi connectivity index (χ1v) is 3.69. The number of alkyl halides is 3. The van der Waals surface area contributed by atoms with Gasteiger partial charge in [-0.25, -0.2) is 4.68 Å². The maximum atomic E-state index is 11.8. The molecule has 1 aromatic rings. The molecule has 0 amide bonds. The highest BCUT2D eigenvalue weighted by molar-refractivity contribution is 5.85. The van der Waals surface area contributed by atoms with Crippen molar-refractivity contribution in [3.05, 3.63) is 24.5 Å². The lowest BCUT2D eigenvalue weighted by atomic mass is 10.2. The smallest absolute Gasteiger partial charge is 0.289 e. The van der Waals surface area contributed by atoms with E-state index < -0.39 is 18.4 Å². The van der Waals surface area contributed by atoms with Crippen LogP contribution in [0.5, 0.6) is 0 Å². The van der Waals surface area contributed by atoms with E-state index in [1.807, 2.05) is 0 Å². The van der Waals surface area contributed by atoms with Crippen molar-refractivity contribution in [2.45, 2.75) is 12.6 Å². The molecule has 0 atom stereocenters. The standard InChI is InChI=1S/C8H7F3N2O/c1-2-13-5-6(4-12-13)3-7(14)8(9,10)11/h2,4-5H,1,3H2. The van der Waals surface area contributed by atoms with Crippen molar-refractivity contribution in [1.82, 2.24) is 9.78 Å². The Morgan fingerprint density at radius 1 is 1.64 bits per heavy atom. The van der Waals surface area contributed by atoms with Crippen LogP contribution in [0.2, 0.25) is 0 Å². The molecule has 6 heteroatoms. The summed E-state index contributed by atoms with van der Waals surface area (Å²) in [5, 5.41) is 3.65. The molecule has 1 aromatic heterocycles. The van der Waals surface area contributed by atoms with Crippen LogP contribution in [0.4, 0.5) is 13.2 Å². The Bertz CT molecular complexity index is 354. The van der Waals surface area contributed by atoms with E-state index in [2.05, 4.69) is 11.7 Å². The second-order valence-electron chi connectivity index (χ2n) is 2.61. The molecular formula is C8H7F3N2O. The van der Waals surface area contributed by atoms with E-state index in [4.69, 9.17) is 0 Å². The van der Waals surface area contributed by atoms with Gasteiger partial charge >= 0.3 is 6.18 Å². The molecule has 14 heavy (non-hydrogen) atoms. The minimum absolute atomic E-state index is 0.215. The van der Waals surface area contributed by atoms with E-state index in [0.29, 0.717) is 0 Å². The van der Waals surface area contributed by atoms with Crippen LogP contribution in [0, 0.1) is 0 Å². The van der Waals surface area contributed by atoms with Crippen LogP contribution >= 0.6 is 0 Å². The van der Waals surface area contributed by atoms with Gasteiger partial charge in [-0.05, 0) is 5.56 Å². The van der Waals surface area contributed by atoms with Gasteiger partial charge in [0, 0.05) is 18.8 Å². The number of carbonyl (C=O) groups excluding carboxylic acids is 1. The van der Waals surface area contributed by atoms with E-state index in [1.165, 1.54) is 23.3 Å². The molecule has 1 heterocycles. The number of hydrogen-bond donors (Lipinski definition) is 0. The lowest BCUT2D eigenvalue weighted by Gasteiger charge is -2.02. The van der Waals surface area contributed by atoms with Crippen LogP contribution in [0.15, 0.2) is 19.0 Å². The number of nitrogens with zero attached hydrogens (tertiary/aromatic N) is 2. The second-order valence-corrected chi connectivity index (χ2v) is 2.61. The zero-order valence-electron chi connectivity index (χ0n) is 7.08. The zero-order valence-corrected chi connectivity index (χ0v) is 7.08. The minimum Gasteiger partial charge on any atom is -0.289 e. The highest BCUT2D eigenvalue weighted by atomic mass is 19.4. The molecule has 0 aliphatic carbocycles. The Kier molecular flexibility index (Phi) is 2.73. The van der Waals surface area contributed by atoms with Crippen molar-refractivity contribution in [3.63, 3.8) is 0 Å². The molecule has 0 fully saturated rings. The fourth-order valence-electron chi connectivity index (χ4n) is 0.854. The number of rotatable bonds is 3. The van der Waals surface area contributed by atoms with Crippen LogP contribution in [0.25, 0.3) is 6.20 Å². The molecule has 0 N–H and O–H groups in total. The van der Waals surface area contributed by atoms with E-state index in [1.54, 1.807) is 0 Å². The van der Waals surface area contributed by atoms with Crippen molar-refractivity contribution in [2.24, 2.45) is 0 Å². The van der Waals surface area contributed by atoms with E-state index in [-0.39, 0.29) is 5.56 Å². The fourth-order valence-corrected chi connectivity index (χ4v) is 0.854. The van der Waals surface area contributed by atoms with Gasteiger partial charge < -0.3 is 0 Å². The van der Waals surface area contributed by atoms with Gasteiger partial charge in [0.05, 0.1) is 6.20 Å². The SMILES string of the molecule is C=Cn1cc(CC(=O)C(F)(F)F)cn1. The van der Waals surface area contributed by atoms with Crippen LogP contribution in [0.3, 0.4) is 0 Å². The van der Waals surface area contributed by atoms with Gasteiger partial charge in [-0.15, -0.1) is 0 Å². The van der Waals surface area contributed by atoms with Crippen LogP contribution in [-0.2, 0) is 11.2 Å². The highest BCUT2D eigenvalue weighted by Crippen LogP contribution is 2.18. The fraction of sp³-hybridized carbons (Fsp3) is 0.250. The third-order valence-electron chi connectivity index (χ3n) is 1.52. The normalized spacial score (nSPS) is 11.4. The van der Waals surface area contributed by atoms with Gasteiger partial charge in [0.1, 0.15) is 0 Å². The summed E-state index contributed by atoms with van der Waals surface area (Å²) in [6, 6.07) is 0. The van der Waals surface area contributed by atoms with Gasteiger partial charge in [0.2, 0.25) is 5.78 Å². The van der Waals surface area contributed by atoms with E-state index >= 15 is 0 Å². The maximum absolute atomic E-state index is 11.8. The molecule has 0 aromatic carbocycles. The largest absolute Gasteiger partial charge is 0.450 e. The summed E-state index contributed by atoms with van der Waals surface area (Å²) >= 11 is 0. The Labute approximate surface area is 77.8 Å². The van der Waals surface area contributed by atoms with Gasteiger partial charge in [-0.2, -0.15) is 18.3 Å². The molecular weight excluding hydrogens is 197 g/mol. The van der Waals surface area contributed by atoms with Crippen LogP contribution < -0.4 is 0 Å². The summed E-state index contributed by atoms with van der Waals surface area (Å²) in [6.07, 6.45) is -1.63. The number of carbonyl (C=O) groups is 1. The molecule has 0 aliphatic heterocycles. The molecule has 0 spiro atoms. The molecule has 0 saturated heterocycles. The number of ketones is 1. The minimum atomic E-state index is -4.78. The quantitative estimate of drug-likeness (QED) is 0.750. The van der Waals surface area contributed by atoms with E-state index in [0.717, 1.165) is 0 Å². The highest BCUT2D eigenvalue weighted by Gasteiger charge is 2.37. The molecule has 0 aliphatic rings. The predicted molar refractivity (Wildman–Crippen MR) is 43.4 cm³/mol. The third-order valence-corrected chi connectivity index (χ3v) is 1.52. The molecule has 3 nitrogen and oxygen atoms in total. The Morgan fingerprint density at radius 2 is 2.29 bits per heavy atom. The second kappa shape index (κ2) is 3.65. The summed E-state index contributed by atoms with van der Waals surface area (Å²) in [7, 11) is 0. The molecule has 0 bridgehead atoms. The Hall–Kier alpha value is -1.59. The summed E-state index contributed by atoms with van der Waals surface area (Å²) in [5.74, 6) is -1.78. The van der Waals surface area contributed by atoms with Gasteiger partial charge in [-0.1, -0.05) is 6.58 Å². The first kappa shape index (κ1) is 10.5. The summed E-state index contributed by atoms with van der Waals surface area (Å²) in [4.78, 5) is 10.5. The summed E-state index contributed by atoms with van der Waals surface area (Å²) in [5.41, 5.74) is 0.215. The number of hydrogen-bond acceptors (Lipinski definition) is 2. The lowest BCUT2D eigenvalue weighted by molar-refractivity contribution is -0.170. The molecule has 76 valence electrons. The zero-order chi connectivity index (χ0) is 10.8. The Balaban J connectivity index is 2.70. The average molecular weight is 204 g/mol. The van der Waals surface area contributed by atoms with Crippen molar-refractivity contribution in [1.29, 1.82) is 0 Å². The first-order chi connectivity index (χ1) is 6.43. The third kappa shape index (κ3) is 2.45. The van der Waals surface area contributed by atoms with Crippen molar-refractivity contribution >= 4 is 12.0 Å². The summed E-state index contributed by atoms with van der Waals surface area (Å²) in [6.45, 7) is 3.37. The van der Waals surface area contributed by atoms with Crippen molar-refractivity contribution in [3.8, 4) is 0 Å². The number of Topliss-reactive ketones (excluding diaryl/α,β-unsaturated/α-hetero) is 1. The van der Waals surface area contributed by atoms with Gasteiger partial charge in [0.15, 0.2) is 0 Å².